The summed E-state index contributed by atoms with van der Waals surface area (Å²) in [4.78, 5) is 13.1. The van der Waals surface area contributed by atoms with Gasteiger partial charge in [0.1, 0.15) is 17.3 Å². The zero-order valence-electron chi connectivity index (χ0n) is 14.0. The lowest BCUT2D eigenvalue weighted by molar-refractivity contribution is -0.135. The van der Waals surface area contributed by atoms with Crippen molar-refractivity contribution in [2.75, 3.05) is 0 Å². The fourth-order valence-corrected chi connectivity index (χ4v) is 5.12. The molecule has 2 aromatic carbocycles. The van der Waals surface area contributed by atoms with Gasteiger partial charge in [-0.15, -0.1) is 0 Å². The Balaban J connectivity index is 1.80. The van der Waals surface area contributed by atoms with Crippen LogP contribution < -0.4 is 5.32 Å². The predicted molar refractivity (Wildman–Crippen MR) is 106 cm³/mol. The van der Waals surface area contributed by atoms with Gasteiger partial charge in [0.25, 0.3) is 0 Å². The minimum Gasteiger partial charge on any atom is -0.508 e. The van der Waals surface area contributed by atoms with Gasteiger partial charge in [0, 0.05) is 44.0 Å². The maximum atomic E-state index is 13.1. The van der Waals surface area contributed by atoms with Gasteiger partial charge >= 0.3 is 0 Å². The molecule has 2 aromatic rings. The van der Waals surface area contributed by atoms with Crippen LogP contribution in [0.1, 0.15) is 42.5 Å². The molecule has 4 atom stereocenters. The summed E-state index contributed by atoms with van der Waals surface area (Å²) in [6.07, 6.45) is 2.60. The van der Waals surface area contributed by atoms with E-state index in [0.29, 0.717) is 0 Å². The molecule has 0 spiro atoms. The van der Waals surface area contributed by atoms with E-state index >= 15 is 0 Å². The minimum atomic E-state index is -0.278. The number of halogens is 2. The Labute approximate surface area is 168 Å². The normalized spacial score (nSPS) is 28.2. The summed E-state index contributed by atoms with van der Waals surface area (Å²) in [6.45, 7) is 0. The number of carbonyl (C=O) groups excluding carboxylic acids is 1. The van der Waals surface area contributed by atoms with E-state index in [0.717, 1.165) is 39.3 Å². The maximum absolute atomic E-state index is 13.1. The summed E-state index contributed by atoms with van der Waals surface area (Å²) >= 11 is 6.91. The van der Waals surface area contributed by atoms with Gasteiger partial charge in [-0.2, -0.15) is 0 Å². The number of piperidine rings is 1. The fraction of sp³-hybridized carbons (Fsp3) is 0.350. The third-order valence-corrected chi connectivity index (χ3v) is 6.56. The Hall–Kier alpha value is -1.37. The van der Waals surface area contributed by atoms with E-state index in [1.807, 2.05) is 12.1 Å². The second-order valence-electron chi connectivity index (χ2n) is 7.07. The van der Waals surface area contributed by atoms with Crippen LogP contribution in [-0.2, 0) is 4.79 Å². The second-order valence-corrected chi connectivity index (χ2v) is 8.91. The summed E-state index contributed by atoms with van der Waals surface area (Å²) in [7, 11) is 0. The maximum Gasteiger partial charge on any atom is 0.142 e. The molecule has 1 aliphatic carbocycles. The number of aromatic hydroxyl groups is 2. The molecule has 1 saturated heterocycles. The first-order valence-corrected chi connectivity index (χ1v) is 10.3. The van der Waals surface area contributed by atoms with E-state index in [1.54, 1.807) is 24.3 Å². The number of ketones is 1. The summed E-state index contributed by atoms with van der Waals surface area (Å²) in [5.41, 5.74) is 1.44. The minimum absolute atomic E-state index is 0.153. The van der Waals surface area contributed by atoms with Crippen molar-refractivity contribution in [3.63, 3.8) is 0 Å². The summed E-state index contributed by atoms with van der Waals surface area (Å²) in [6, 6.07) is 10.0. The number of nitrogens with one attached hydrogen (secondary N) is 1. The number of carbonyl (C=O) groups is 1. The van der Waals surface area contributed by atoms with Crippen LogP contribution in [0.15, 0.2) is 45.3 Å². The Morgan fingerprint density at radius 3 is 1.77 bits per heavy atom. The molecule has 2 bridgehead atoms. The highest BCUT2D eigenvalue weighted by atomic mass is 79.9. The third kappa shape index (κ3) is 3.08. The topological polar surface area (TPSA) is 69.6 Å². The fourth-order valence-electron chi connectivity index (χ4n) is 4.37. The number of phenolic OH excluding ortho intramolecular Hbond substituents is 2. The zero-order chi connectivity index (χ0) is 18.4. The Morgan fingerprint density at radius 2 is 1.31 bits per heavy atom. The Kier molecular flexibility index (Phi) is 4.84. The molecule has 2 fully saturated rings. The average Bonchev–Trinajstić information content (AvgIpc) is 2.60. The molecular formula is C20H19Br2NO3. The van der Waals surface area contributed by atoms with E-state index in [4.69, 9.17) is 0 Å². The lowest BCUT2D eigenvalue weighted by Crippen LogP contribution is -2.50. The van der Waals surface area contributed by atoms with Gasteiger partial charge in [0.2, 0.25) is 0 Å². The van der Waals surface area contributed by atoms with Crippen LogP contribution in [0.4, 0.5) is 0 Å². The van der Waals surface area contributed by atoms with Gasteiger partial charge in [-0.25, -0.2) is 0 Å². The second kappa shape index (κ2) is 6.98. The molecule has 3 N–H and O–H groups in total. The van der Waals surface area contributed by atoms with Crippen molar-refractivity contribution >= 4 is 37.6 Å². The van der Waals surface area contributed by atoms with Gasteiger partial charge in [0.15, 0.2) is 0 Å². The van der Waals surface area contributed by atoms with Gasteiger partial charge in [-0.3, -0.25) is 4.79 Å². The molecule has 0 radical (unpaired) electrons. The van der Waals surface area contributed by atoms with Crippen LogP contribution in [0.3, 0.4) is 0 Å². The van der Waals surface area contributed by atoms with Crippen molar-refractivity contribution in [3.05, 3.63) is 56.5 Å². The monoisotopic (exact) mass is 479 g/mol. The highest BCUT2D eigenvalue weighted by Gasteiger charge is 2.47. The van der Waals surface area contributed by atoms with E-state index in [-0.39, 0.29) is 41.2 Å². The Bertz CT molecular complexity index is 803. The molecule has 2 aliphatic rings. The van der Waals surface area contributed by atoms with Crippen LogP contribution in [0.25, 0.3) is 0 Å². The summed E-state index contributed by atoms with van der Waals surface area (Å²) < 4.78 is 1.72. The van der Waals surface area contributed by atoms with Crippen molar-refractivity contribution in [2.24, 2.45) is 11.8 Å². The van der Waals surface area contributed by atoms with Gasteiger partial charge in [-0.1, -0.05) is 38.3 Å². The third-order valence-electron chi connectivity index (χ3n) is 5.57. The zero-order valence-corrected chi connectivity index (χ0v) is 17.1. The molecule has 1 heterocycles. The molecule has 26 heavy (non-hydrogen) atoms. The molecule has 0 unspecified atom stereocenters. The Morgan fingerprint density at radius 1 is 0.846 bits per heavy atom. The average molecular weight is 481 g/mol. The van der Waals surface area contributed by atoms with Crippen molar-refractivity contribution in [1.82, 2.24) is 5.32 Å². The molecule has 4 nitrogen and oxygen atoms in total. The number of benzene rings is 2. The first-order chi connectivity index (χ1) is 12.5. The SMILES string of the molecule is O=C1[C@H]2CCC[C@@H]1[C@H](c1cc(Br)ccc1O)N[C@@H]2c1cc(Br)ccc1O. The van der Waals surface area contributed by atoms with E-state index in [2.05, 4.69) is 37.2 Å². The number of hydrogen-bond donors (Lipinski definition) is 3. The van der Waals surface area contributed by atoms with Crippen LogP contribution in [0.5, 0.6) is 11.5 Å². The molecule has 1 aliphatic heterocycles. The quantitative estimate of drug-likeness (QED) is 0.566. The molecular weight excluding hydrogens is 462 g/mol. The van der Waals surface area contributed by atoms with Gasteiger partial charge in [0.05, 0.1) is 0 Å². The lowest BCUT2D eigenvalue weighted by atomic mass is 9.67. The van der Waals surface area contributed by atoms with Gasteiger partial charge < -0.3 is 15.5 Å². The van der Waals surface area contributed by atoms with Crippen molar-refractivity contribution in [1.29, 1.82) is 0 Å². The van der Waals surface area contributed by atoms with Crippen LogP contribution in [0.2, 0.25) is 0 Å². The molecule has 4 rings (SSSR count). The predicted octanol–water partition coefficient (Wildman–Crippen LogP) is 4.99. The largest absolute Gasteiger partial charge is 0.508 e. The molecule has 6 heteroatoms. The van der Waals surface area contributed by atoms with E-state index in [1.165, 1.54) is 0 Å². The first kappa shape index (κ1) is 18.0. The summed E-state index contributed by atoms with van der Waals surface area (Å²) in [5.74, 6) is 0.280. The van der Waals surface area contributed by atoms with Crippen molar-refractivity contribution in [3.8, 4) is 11.5 Å². The lowest BCUT2D eigenvalue weighted by Gasteiger charge is -2.45. The van der Waals surface area contributed by atoms with Crippen molar-refractivity contribution < 1.29 is 15.0 Å². The van der Waals surface area contributed by atoms with Gasteiger partial charge in [-0.05, 0) is 49.2 Å². The number of Topliss-reactive ketones (excluding diaryl/α,β-unsaturated/α-hetero) is 1. The number of hydrogen-bond acceptors (Lipinski definition) is 4. The number of fused-ring (bicyclic) bond motifs is 2. The number of rotatable bonds is 2. The van der Waals surface area contributed by atoms with Crippen LogP contribution in [-0.4, -0.2) is 16.0 Å². The smallest absolute Gasteiger partial charge is 0.142 e. The van der Waals surface area contributed by atoms with E-state index in [9.17, 15) is 15.0 Å². The number of phenols is 2. The standard InChI is InChI=1S/C20H19Br2NO3/c21-10-4-6-16(24)14(8-10)18-12-2-1-3-13(20(12)26)19(23-18)15-9-11(22)5-7-17(15)25/h4-9,12-13,18-19,23-25H,1-3H2/t12-,13+,18-,19+. The van der Waals surface area contributed by atoms with Crippen molar-refractivity contribution in [2.45, 2.75) is 31.3 Å². The highest BCUT2D eigenvalue weighted by molar-refractivity contribution is 9.10. The molecule has 0 aromatic heterocycles. The summed E-state index contributed by atoms with van der Waals surface area (Å²) in [5, 5.41) is 24.4. The molecule has 1 saturated carbocycles. The van der Waals surface area contributed by atoms with Crippen LogP contribution >= 0.6 is 31.9 Å². The first-order valence-electron chi connectivity index (χ1n) is 8.72. The van der Waals surface area contributed by atoms with Crippen LogP contribution in [0, 0.1) is 11.8 Å². The molecule has 0 amide bonds. The van der Waals surface area contributed by atoms with E-state index < -0.39 is 0 Å². The highest BCUT2D eigenvalue weighted by Crippen LogP contribution is 2.49. The molecule has 136 valence electrons.